The van der Waals surface area contributed by atoms with Crippen LogP contribution in [0.15, 0.2) is 12.4 Å². The molecule has 3 heterocycles. The Morgan fingerprint density at radius 1 is 1.19 bits per heavy atom. The minimum Gasteiger partial charge on any atom is -0.476 e. The summed E-state index contributed by atoms with van der Waals surface area (Å²) in [6, 6.07) is 0. The standard InChI is InChI=1S/C19H29N5O3/c1-19(4-5-19)27-18(25)24-8-2-15(3-9-24)14-26-17-13-21-16(12-22-17)23-10-6-20-7-11-23/h12-13,15,20H,2-11,14H2,1H3. The number of piperidine rings is 1. The topological polar surface area (TPSA) is 79.8 Å². The molecule has 27 heavy (non-hydrogen) atoms. The largest absolute Gasteiger partial charge is 0.476 e. The van der Waals surface area contributed by atoms with Crippen molar-refractivity contribution >= 4 is 11.9 Å². The molecular weight excluding hydrogens is 346 g/mol. The van der Waals surface area contributed by atoms with Gasteiger partial charge in [0.2, 0.25) is 5.88 Å². The maximum atomic E-state index is 12.1. The monoisotopic (exact) mass is 375 g/mol. The van der Waals surface area contributed by atoms with Crippen LogP contribution in [-0.4, -0.2) is 72.4 Å². The number of ether oxygens (including phenoxy) is 2. The van der Waals surface area contributed by atoms with Gasteiger partial charge >= 0.3 is 6.09 Å². The van der Waals surface area contributed by atoms with Gasteiger partial charge in [0.25, 0.3) is 0 Å². The number of anilines is 1. The summed E-state index contributed by atoms with van der Waals surface area (Å²) in [5.41, 5.74) is -0.202. The summed E-state index contributed by atoms with van der Waals surface area (Å²) < 4.78 is 11.4. The molecule has 0 unspecified atom stereocenters. The molecule has 1 saturated carbocycles. The number of likely N-dealkylation sites (tertiary alicyclic amines) is 1. The molecular formula is C19H29N5O3. The maximum Gasteiger partial charge on any atom is 0.410 e. The van der Waals surface area contributed by atoms with Crippen LogP contribution in [0, 0.1) is 5.92 Å². The Morgan fingerprint density at radius 3 is 2.56 bits per heavy atom. The van der Waals surface area contributed by atoms with Crippen LogP contribution in [0.5, 0.6) is 5.88 Å². The van der Waals surface area contributed by atoms with E-state index in [1.165, 1.54) is 0 Å². The number of nitrogens with zero attached hydrogens (tertiary/aromatic N) is 4. The van der Waals surface area contributed by atoms with Gasteiger partial charge in [-0.25, -0.2) is 14.8 Å². The molecule has 0 bridgehead atoms. The fraction of sp³-hybridized carbons (Fsp3) is 0.737. The Hall–Kier alpha value is -2.09. The fourth-order valence-electron chi connectivity index (χ4n) is 3.48. The molecule has 3 fully saturated rings. The molecule has 1 aromatic heterocycles. The lowest BCUT2D eigenvalue weighted by molar-refractivity contribution is 0.0454. The zero-order chi connectivity index (χ0) is 18.7. The molecule has 1 amide bonds. The van der Waals surface area contributed by atoms with E-state index in [1.807, 2.05) is 11.8 Å². The number of carbonyl (C=O) groups excluding carboxylic acids is 1. The van der Waals surface area contributed by atoms with Gasteiger partial charge in [0, 0.05) is 39.3 Å². The van der Waals surface area contributed by atoms with Crippen molar-refractivity contribution < 1.29 is 14.3 Å². The van der Waals surface area contributed by atoms with E-state index in [1.54, 1.807) is 12.4 Å². The molecule has 148 valence electrons. The highest BCUT2D eigenvalue weighted by Crippen LogP contribution is 2.39. The van der Waals surface area contributed by atoms with Crippen molar-refractivity contribution in [2.24, 2.45) is 5.92 Å². The fourth-order valence-corrected chi connectivity index (χ4v) is 3.48. The van der Waals surface area contributed by atoms with Gasteiger partial charge in [-0.3, -0.25) is 0 Å². The van der Waals surface area contributed by atoms with E-state index in [0.29, 0.717) is 18.4 Å². The SMILES string of the molecule is CC1(OC(=O)N2CCC(COc3cnc(N4CCNCC4)cn3)CC2)CC1. The Bertz CT molecular complexity index is 635. The lowest BCUT2D eigenvalue weighted by Crippen LogP contribution is -2.43. The van der Waals surface area contributed by atoms with Crippen LogP contribution in [0.4, 0.5) is 10.6 Å². The second-order valence-corrected chi connectivity index (χ2v) is 8.01. The van der Waals surface area contributed by atoms with E-state index in [0.717, 1.165) is 70.8 Å². The third-order valence-electron chi connectivity index (χ3n) is 5.68. The van der Waals surface area contributed by atoms with Gasteiger partial charge in [-0.15, -0.1) is 0 Å². The molecule has 1 N–H and O–H groups in total. The predicted molar refractivity (Wildman–Crippen MR) is 101 cm³/mol. The average Bonchev–Trinajstić information content (AvgIpc) is 3.44. The summed E-state index contributed by atoms with van der Waals surface area (Å²) in [6.45, 7) is 7.94. The summed E-state index contributed by atoms with van der Waals surface area (Å²) in [5.74, 6) is 1.90. The van der Waals surface area contributed by atoms with Crippen LogP contribution in [-0.2, 0) is 4.74 Å². The second kappa shape index (κ2) is 7.88. The highest BCUT2D eigenvalue weighted by atomic mass is 16.6. The minimum atomic E-state index is -0.202. The summed E-state index contributed by atoms with van der Waals surface area (Å²) in [6.07, 6.45) is 7.16. The number of amides is 1. The molecule has 2 saturated heterocycles. The van der Waals surface area contributed by atoms with Crippen molar-refractivity contribution in [2.75, 3.05) is 50.8 Å². The van der Waals surface area contributed by atoms with Crippen molar-refractivity contribution in [3.63, 3.8) is 0 Å². The molecule has 2 aliphatic heterocycles. The first-order valence-corrected chi connectivity index (χ1v) is 10.00. The summed E-state index contributed by atoms with van der Waals surface area (Å²) in [5, 5.41) is 3.33. The molecule has 0 spiro atoms. The Labute approximate surface area is 160 Å². The van der Waals surface area contributed by atoms with E-state index >= 15 is 0 Å². The van der Waals surface area contributed by atoms with Gasteiger partial charge in [-0.2, -0.15) is 0 Å². The number of hydrogen-bond acceptors (Lipinski definition) is 7. The second-order valence-electron chi connectivity index (χ2n) is 8.01. The van der Waals surface area contributed by atoms with Crippen LogP contribution >= 0.6 is 0 Å². The molecule has 1 aliphatic carbocycles. The van der Waals surface area contributed by atoms with Crippen LogP contribution in [0.3, 0.4) is 0 Å². The van der Waals surface area contributed by atoms with Crippen LogP contribution < -0.4 is 15.0 Å². The first-order valence-electron chi connectivity index (χ1n) is 10.00. The van der Waals surface area contributed by atoms with Crippen molar-refractivity contribution in [2.45, 2.75) is 38.2 Å². The Kier molecular flexibility index (Phi) is 5.33. The van der Waals surface area contributed by atoms with Gasteiger partial charge in [0.15, 0.2) is 0 Å². The first-order chi connectivity index (χ1) is 13.1. The van der Waals surface area contributed by atoms with E-state index in [4.69, 9.17) is 9.47 Å². The number of rotatable bonds is 5. The van der Waals surface area contributed by atoms with E-state index in [-0.39, 0.29) is 11.7 Å². The first kappa shape index (κ1) is 18.3. The van der Waals surface area contributed by atoms with Gasteiger partial charge in [-0.1, -0.05) is 0 Å². The molecule has 0 atom stereocenters. The van der Waals surface area contributed by atoms with Crippen LogP contribution in [0.25, 0.3) is 0 Å². The normalized spacial score (nSPS) is 22.4. The number of hydrogen-bond donors (Lipinski definition) is 1. The molecule has 8 heteroatoms. The Balaban J connectivity index is 1.19. The lowest BCUT2D eigenvalue weighted by atomic mass is 9.98. The number of carbonyl (C=O) groups is 1. The predicted octanol–water partition coefficient (Wildman–Crippen LogP) is 1.67. The quantitative estimate of drug-likeness (QED) is 0.838. The highest BCUT2D eigenvalue weighted by molar-refractivity contribution is 5.68. The van der Waals surface area contributed by atoms with E-state index < -0.39 is 0 Å². The third kappa shape index (κ3) is 4.80. The van der Waals surface area contributed by atoms with Gasteiger partial charge in [0.05, 0.1) is 19.0 Å². The zero-order valence-corrected chi connectivity index (χ0v) is 16.0. The van der Waals surface area contributed by atoms with Crippen molar-refractivity contribution in [1.29, 1.82) is 0 Å². The average molecular weight is 375 g/mol. The van der Waals surface area contributed by atoms with Crippen molar-refractivity contribution in [1.82, 2.24) is 20.2 Å². The number of nitrogens with one attached hydrogen (secondary N) is 1. The molecule has 0 aromatic carbocycles. The van der Waals surface area contributed by atoms with Gasteiger partial charge in [-0.05, 0) is 38.5 Å². The molecule has 8 nitrogen and oxygen atoms in total. The third-order valence-corrected chi connectivity index (χ3v) is 5.68. The maximum absolute atomic E-state index is 12.1. The molecule has 4 rings (SSSR count). The summed E-state index contributed by atoms with van der Waals surface area (Å²) >= 11 is 0. The van der Waals surface area contributed by atoms with Gasteiger partial charge < -0.3 is 24.6 Å². The highest BCUT2D eigenvalue weighted by Gasteiger charge is 2.43. The molecule has 3 aliphatic rings. The Morgan fingerprint density at radius 2 is 1.93 bits per heavy atom. The summed E-state index contributed by atoms with van der Waals surface area (Å²) in [7, 11) is 0. The number of aromatic nitrogens is 2. The number of piperazine rings is 1. The van der Waals surface area contributed by atoms with Crippen molar-refractivity contribution in [3.05, 3.63) is 12.4 Å². The van der Waals surface area contributed by atoms with Crippen LogP contribution in [0.1, 0.15) is 32.6 Å². The van der Waals surface area contributed by atoms with Crippen LogP contribution in [0.2, 0.25) is 0 Å². The lowest BCUT2D eigenvalue weighted by Gasteiger charge is -2.32. The summed E-state index contributed by atoms with van der Waals surface area (Å²) in [4.78, 5) is 25.1. The zero-order valence-electron chi connectivity index (χ0n) is 16.0. The van der Waals surface area contributed by atoms with Gasteiger partial charge in [0.1, 0.15) is 11.4 Å². The molecule has 1 aromatic rings. The van der Waals surface area contributed by atoms with E-state index in [9.17, 15) is 4.79 Å². The minimum absolute atomic E-state index is 0.163. The van der Waals surface area contributed by atoms with Crippen molar-refractivity contribution in [3.8, 4) is 5.88 Å². The smallest absolute Gasteiger partial charge is 0.410 e. The molecule has 0 radical (unpaired) electrons. The van der Waals surface area contributed by atoms with E-state index in [2.05, 4.69) is 20.2 Å².